The van der Waals surface area contributed by atoms with Crippen molar-refractivity contribution in [2.24, 2.45) is 12.8 Å². The minimum atomic E-state index is -0.479. The molecule has 0 aliphatic carbocycles. The van der Waals surface area contributed by atoms with Gasteiger partial charge in [0, 0.05) is 7.05 Å². The van der Waals surface area contributed by atoms with E-state index in [1.807, 2.05) is 32.4 Å². The van der Waals surface area contributed by atoms with Crippen LogP contribution in [-0.4, -0.2) is 26.1 Å². The fraction of sp³-hybridized carbons (Fsp3) is 0.538. The summed E-state index contributed by atoms with van der Waals surface area (Å²) in [7, 11) is 1.92. The van der Waals surface area contributed by atoms with Crippen LogP contribution < -0.4 is 5.73 Å². The van der Waals surface area contributed by atoms with Gasteiger partial charge in [-0.1, -0.05) is 0 Å². The molecule has 2 N–H and O–H groups in total. The Hall–Kier alpha value is -1.98. The summed E-state index contributed by atoms with van der Waals surface area (Å²) in [6.45, 7) is 6.58. The van der Waals surface area contributed by atoms with E-state index in [9.17, 15) is 4.79 Å². The molecule has 6 heteroatoms. The van der Waals surface area contributed by atoms with Crippen molar-refractivity contribution in [3.63, 3.8) is 0 Å². The highest BCUT2D eigenvalue weighted by Gasteiger charge is 2.31. The molecule has 1 aromatic rings. The molecule has 6 nitrogen and oxygen atoms in total. The van der Waals surface area contributed by atoms with Gasteiger partial charge in [-0.05, 0) is 33.0 Å². The highest BCUT2D eigenvalue weighted by Crippen LogP contribution is 2.25. The molecule has 0 saturated heterocycles. The maximum atomic E-state index is 12.0. The highest BCUT2D eigenvalue weighted by molar-refractivity contribution is 5.69. The molecule has 2 heterocycles. The van der Waals surface area contributed by atoms with Gasteiger partial charge >= 0.3 is 6.09 Å². The molecule has 104 valence electrons. The van der Waals surface area contributed by atoms with Crippen molar-refractivity contribution in [3.8, 4) is 0 Å². The highest BCUT2D eigenvalue weighted by atomic mass is 16.6. The average Bonchev–Trinajstić information content (AvgIpc) is 2.79. The van der Waals surface area contributed by atoms with E-state index >= 15 is 0 Å². The minimum Gasteiger partial charge on any atom is -0.444 e. The molecule has 1 aromatic heterocycles. The lowest BCUT2D eigenvalue weighted by Crippen LogP contribution is -2.33. The quantitative estimate of drug-likeness (QED) is 0.836. The smallest absolute Gasteiger partial charge is 0.410 e. The third-order valence-electron chi connectivity index (χ3n) is 2.91. The molecule has 0 fully saturated rings. The van der Waals surface area contributed by atoms with Gasteiger partial charge in [0.2, 0.25) is 0 Å². The van der Waals surface area contributed by atoms with Crippen LogP contribution in [0.4, 0.5) is 4.79 Å². The first-order valence-corrected chi connectivity index (χ1v) is 6.22. The van der Waals surface area contributed by atoms with E-state index in [0.717, 1.165) is 17.2 Å². The minimum absolute atomic E-state index is 0.304. The lowest BCUT2D eigenvalue weighted by molar-refractivity contribution is 0.0237. The predicted octanol–water partition coefficient (Wildman–Crippen LogP) is 1.60. The molecule has 1 aliphatic rings. The van der Waals surface area contributed by atoms with Gasteiger partial charge < -0.3 is 15.0 Å². The molecule has 1 aliphatic heterocycles. The van der Waals surface area contributed by atoms with Crippen LogP contribution in [0.1, 0.15) is 38.0 Å². The molecular formula is C13H20N4O2. The summed E-state index contributed by atoms with van der Waals surface area (Å²) in [4.78, 5) is 18.1. The van der Waals surface area contributed by atoms with Gasteiger partial charge in [-0.15, -0.1) is 0 Å². The summed E-state index contributed by atoms with van der Waals surface area (Å²) >= 11 is 0. The number of rotatable bonds is 1. The van der Waals surface area contributed by atoms with Crippen molar-refractivity contribution in [3.05, 3.63) is 23.4 Å². The summed E-state index contributed by atoms with van der Waals surface area (Å²) in [5, 5.41) is 0. The summed E-state index contributed by atoms with van der Waals surface area (Å²) in [6, 6.07) is 0. The Morgan fingerprint density at radius 3 is 2.63 bits per heavy atom. The van der Waals surface area contributed by atoms with Crippen molar-refractivity contribution < 1.29 is 9.53 Å². The Balaban J connectivity index is 2.11. The Bertz CT molecular complexity index is 525. The van der Waals surface area contributed by atoms with Crippen LogP contribution in [0.15, 0.2) is 6.20 Å². The van der Waals surface area contributed by atoms with Crippen molar-refractivity contribution in [1.29, 1.82) is 0 Å². The number of nitrogens with zero attached hydrogens (tertiary/aromatic N) is 3. The second-order valence-electron chi connectivity index (χ2n) is 5.62. The van der Waals surface area contributed by atoms with Gasteiger partial charge in [-0.2, -0.15) is 0 Å². The van der Waals surface area contributed by atoms with Crippen LogP contribution in [0.2, 0.25) is 0 Å². The standard InChI is InChI=1S/C13H20N4O2/c1-13(2,3)19-12(18)17-7-9-10(8-17)16(4)11(15-9)5-6-14/h5-6H,7-8,14H2,1-4H3. The monoisotopic (exact) mass is 264 g/mol. The maximum absolute atomic E-state index is 12.0. The number of carbonyl (C=O) groups is 1. The first-order valence-electron chi connectivity index (χ1n) is 6.22. The number of fused-ring (bicyclic) bond motifs is 1. The Kier molecular flexibility index (Phi) is 3.26. The van der Waals surface area contributed by atoms with E-state index in [4.69, 9.17) is 10.5 Å². The van der Waals surface area contributed by atoms with Crippen molar-refractivity contribution in [2.45, 2.75) is 39.5 Å². The van der Waals surface area contributed by atoms with Crippen LogP contribution >= 0.6 is 0 Å². The number of nitrogens with two attached hydrogens (primary N) is 1. The number of aromatic nitrogens is 2. The van der Waals surface area contributed by atoms with Crippen molar-refractivity contribution in [1.82, 2.24) is 14.5 Å². The Morgan fingerprint density at radius 2 is 2.11 bits per heavy atom. The molecule has 0 unspecified atom stereocenters. The van der Waals surface area contributed by atoms with E-state index in [2.05, 4.69) is 4.98 Å². The molecule has 0 atom stereocenters. The fourth-order valence-electron chi connectivity index (χ4n) is 2.04. The summed E-state index contributed by atoms with van der Waals surface area (Å²) in [5.41, 5.74) is 6.83. The summed E-state index contributed by atoms with van der Waals surface area (Å²) in [6.07, 6.45) is 2.90. The van der Waals surface area contributed by atoms with Crippen LogP contribution in [0.3, 0.4) is 0 Å². The average molecular weight is 264 g/mol. The maximum Gasteiger partial charge on any atom is 0.410 e. The molecule has 0 bridgehead atoms. The van der Waals surface area contributed by atoms with Crippen LogP contribution in [0.5, 0.6) is 0 Å². The number of hydrogen-bond donors (Lipinski definition) is 1. The molecule has 0 spiro atoms. The first kappa shape index (κ1) is 13.5. The lowest BCUT2D eigenvalue weighted by atomic mass is 10.2. The number of ether oxygens (including phenoxy) is 1. The molecule has 1 amide bonds. The van der Waals surface area contributed by atoms with Crippen molar-refractivity contribution >= 4 is 12.2 Å². The molecule has 0 aromatic carbocycles. The number of imidazole rings is 1. The SMILES string of the molecule is Cn1c(C=CN)nc2c1CN(C(=O)OC(C)(C)C)C2. The summed E-state index contributed by atoms with van der Waals surface area (Å²) in [5.74, 6) is 0.802. The molecule has 2 rings (SSSR count). The predicted molar refractivity (Wildman–Crippen MR) is 71.9 cm³/mol. The third kappa shape index (κ3) is 2.72. The van der Waals surface area contributed by atoms with E-state index in [1.54, 1.807) is 11.0 Å². The first-order chi connectivity index (χ1) is 8.81. The topological polar surface area (TPSA) is 73.4 Å². The number of hydrogen-bond acceptors (Lipinski definition) is 4. The number of amides is 1. The van der Waals surface area contributed by atoms with E-state index in [1.165, 1.54) is 6.20 Å². The van der Waals surface area contributed by atoms with Gasteiger partial charge in [-0.25, -0.2) is 9.78 Å². The third-order valence-corrected chi connectivity index (χ3v) is 2.91. The van der Waals surface area contributed by atoms with Gasteiger partial charge in [0.15, 0.2) is 0 Å². The van der Waals surface area contributed by atoms with E-state index in [-0.39, 0.29) is 6.09 Å². The van der Waals surface area contributed by atoms with Crippen LogP contribution in [0, 0.1) is 0 Å². The molecule has 0 radical (unpaired) electrons. The van der Waals surface area contributed by atoms with Gasteiger partial charge in [0.1, 0.15) is 11.4 Å². The van der Waals surface area contributed by atoms with Crippen molar-refractivity contribution in [2.75, 3.05) is 0 Å². The Labute approximate surface area is 112 Å². The zero-order valence-corrected chi connectivity index (χ0v) is 11.8. The normalized spacial score (nSPS) is 15.1. The Morgan fingerprint density at radius 1 is 1.42 bits per heavy atom. The van der Waals surface area contributed by atoms with Gasteiger partial charge in [-0.3, -0.25) is 4.90 Å². The van der Waals surface area contributed by atoms with Gasteiger partial charge in [0.25, 0.3) is 0 Å². The lowest BCUT2D eigenvalue weighted by Gasteiger charge is -2.24. The zero-order valence-electron chi connectivity index (χ0n) is 11.8. The van der Waals surface area contributed by atoms with Gasteiger partial charge in [0.05, 0.1) is 24.5 Å². The zero-order chi connectivity index (χ0) is 14.2. The fourth-order valence-corrected chi connectivity index (χ4v) is 2.04. The second kappa shape index (κ2) is 4.60. The van der Waals surface area contributed by atoms with E-state index < -0.39 is 5.60 Å². The largest absolute Gasteiger partial charge is 0.444 e. The molecular weight excluding hydrogens is 244 g/mol. The molecule has 19 heavy (non-hydrogen) atoms. The number of carbonyl (C=O) groups excluding carboxylic acids is 1. The van der Waals surface area contributed by atoms with Crippen LogP contribution in [0.25, 0.3) is 6.08 Å². The summed E-state index contributed by atoms with van der Waals surface area (Å²) < 4.78 is 7.30. The van der Waals surface area contributed by atoms with E-state index in [0.29, 0.717) is 13.1 Å². The molecule has 0 saturated carbocycles. The second-order valence-corrected chi connectivity index (χ2v) is 5.62. The van der Waals surface area contributed by atoms with Crippen LogP contribution in [-0.2, 0) is 24.9 Å².